The molecule has 2 heterocycles. The van der Waals surface area contributed by atoms with Crippen LogP contribution in [0.5, 0.6) is 0 Å². The number of aliphatic hydroxyl groups is 1. The Bertz CT molecular complexity index is 961. The van der Waals surface area contributed by atoms with Crippen LogP contribution in [0.3, 0.4) is 0 Å². The van der Waals surface area contributed by atoms with Gasteiger partial charge in [-0.3, -0.25) is 9.69 Å². The highest BCUT2D eigenvalue weighted by molar-refractivity contribution is 5.77. The molecule has 1 amide bonds. The second-order valence-corrected chi connectivity index (χ2v) is 9.20. The number of aliphatic hydroxyl groups excluding tert-OH is 1. The van der Waals surface area contributed by atoms with Gasteiger partial charge in [0, 0.05) is 24.7 Å². The number of fused-ring (bicyclic) bond motifs is 1. The van der Waals surface area contributed by atoms with Gasteiger partial charge in [0.05, 0.1) is 44.0 Å². The van der Waals surface area contributed by atoms with Crippen LogP contribution in [0.25, 0.3) is 0 Å². The van der Waals surface area contributed by atoms with Crippen LogP contribution in [-0.4, -0.2) is 60.0 Å². The van der Waals surface area contributed by atoms with Gasteiger partial charge >= 0.3 is 0 Å². The maximum absolute atomic E-state index is 14.3. The van der Waals surface area contributed by atoms with Crippen molar-refractivity contribution >= 4 is 5.91 Å². The minimum absolute atomic E-state index is 0.0827. The van der Waals surface area contributed by atoms with E-state index in [9.17, 15) is 18.7 Å². The zero-order valence-electron chi connectivity index (χ0n) is 19.3. The number of halogens is 2. The summed E-state index contributed by atoms with van der Waals surface area (Å²) in [5.74, 6) is -1.06. The molecule has 184 valence electrons. The fourth-order valence-corrected chi connectivity index (χ4v) is 4.84. The van der Waals surface area contributed by atoms with Crippen LogP contribution in [0.2, 0.25) is 0 Å². The van der Waals surface area contributed by atoms with E-state index in [1.54, 1.807) is 0 Å². The molecular formula is C26H32F2N2O4. The second-order valence-electron chi connectivity index (χ2n) is 9.20. The van der Waals surface area contributed by atoms with Crippen LogP contribution in [0, 0.1) is 11.6 Å². The van der Waals surface area contributed by atoms with E-state index in [4.69, 9.17) is 9.47 Å². The van der Waals surface area contributed by atoms with E-state index in [0.717, 1.165) is 17.7 Å². The van der Waals surface area contributed by atoms with Crippen molar-refractivity contribution in [2.24, 2.45) is 0 Å². The fourth-order valence-electron chi connectivity index (χ4n) is 4.84. The van der Waals surface area contributed by atoms with Crippen LogP contribution < -0.4 is 5.32 Å². The average Bonchev–Trinajstić information content (AvgIpc) is 2.80. The molecule has 0 spiro atoms. The molecule has 34 heavy (non-hydrogen) atoms. The number of benzene rings is 2. The highest BCUT2D eigenvalue weighted by Crippen LogP contribution is 2.29. The predicted octanol–water partition coefficient (Wildman–Crippen LogP) is 3.34. The van der Waals surface area contributed by atoms with Crippen LogP contribution >= 0.6 is 0 Å². The predicted molar refractivity (Wildman–Crippen MR) is 123 cm³/mol. The molecular weight excluding hydrogens is 442 g/mol. The summed E-state index contributed by atoms with van der Waals surface area (Å²) < 4.78 is 39.9. The van der Waals surface area contributed by atoms with E-state index in [1.807, 2.05) is 42.2 Å². The Hall–Kier alpha value is -2.39. The molecule has 2 N–H and O–H groups in total. The Labute approximate surface area is 198 Å². The molecule has 2 aromatic carbocycles. The number of β-amino-alcohol motifs (C(OH)–C–C–N with tert-alkyl or cyclic N) is 1. The first-order chi connectivity index (χ1) is 16.4. The standard InChI is InChI=1S/C26H32F2N2O4/c1-17(18-5-3-2-4-6-18)29-26(32)12-22-8-10-24-25(34-22)16-33-15-21(31)14-30(24)13-19-11-20(27)7-9-23(19)28/h2-7,9,11,17,21-22,24-25,31H,8,10,12-16H2,1H3,(H,29,32)/t17-,21+,22+,24-,25+/m1/s1. The Morgan fingerprint density at radius 2 is 1.97 bits per heavy atom. The normalized spacial score (nSPS) is 26.7. The lowest BCUT2D eigenvalue weighted by Crippen LogP contribution is -2.55. The highest BCUT2D eigenvalue weighted by Gasteiger charge is 2.38. The number of nitrogens with one attached hydrogen (secondary N) is 1. The molecule has 0 aromatic heterocycles. The number of rotatable bonds is 6. The Balaban J connectivity index is 1.39. The van der Waals surface area contributed by atoms with Crippen molar-refractivity contribution in [3.8, 4) is 0 Å². The van der Waals surface area contributed by atoms with Gasteiger partial charge in [-0.1, -0.05) is 30.3 Å². The second kappa shape index (κ2) is 11.4. The zero-order chi connectivity index (χ0) is 24.1. The molecule has 0 bridgehead atoms. The molecule has 0 aliphatic carbocycles. The SMILES string of the molecule is C[C@@H](NC(=O)C[C@@H]1CC[C@@H]2[C@H](COC[C@@H](O)CN2Cc2cc(F)ccc2F)O1)c1ccccc1. The zero-order valence-corrected chi connectivity index (χ0v) is 19.3. The molecule has 6 nitrogen and oxygen atoms in total. The molecule has 2 saturated heterocycles. The van der Waals surface area contributed by atoms with E-state index in [2.05, 4.69) is 5.32 Å². The van der Waals surface area contributed by atoms with Crippen molar-refractivity contribution in [2.75, 3.05) is 19.8 Å². The van der Waals surface area contributed by atoms with Crippen molar-refractivity contribution in [2.45, 2.75) is 63.1 Å². The molecule has 0 saturated carbocycles. The van der Waals surface area contributed by atoms with E-state index >= 15 is 0 Å². The first-order valence-electron chi connectivity index (χ1n) is 11.8. The molecule has 4 rings (SSSR count). The lowest BCUT2D eigenvalue weighted by Gasteiger charge is -2.44. The number of carbonyl (C=O) groups excluding carboxylic acids is 1. The van der Waals surface area contributed by atoms with Gasteiger partial charge in [-0.05, 0) is 43.5 Å². The van der Waals surface area contributed by atoms with Crippen molar-refractivity contribution in [1.29, 1.82) is 0 Å². The topological polar surface area (TPSA) is 71.0 Å². The number of hydrogen-bond acceptors (Lipinski definition) is 5. The maximum atomic E-state index is 14.3. The van der Waals surface area contributed by atoms with Crippen LogP contribution in [-0.2, 0) is 20.8 Å². The third kappa shape index (κ3) is 6.39. The minimum Gasteiger partial charge on any atom is -0.389 e. The van der Waals surface area contributed by atoms with Crippen molar-refractivity contribution in [3.05, 3.63) is 71.3 Å². The van der Waals surface area contributed by atoms with Gasteiger partial charge in [-0.25, -0.2) is 8.78 Å². The van der Waals surface area contributed by atoms with Crippen molar-refractivity contribution in [3.63, 3.8) is 0 Å². The quantitative estimate of drug-likeness (QED) is 0.672. The summed E-state index contributed by atoms with van der Waals surface area (Å²) in [6, 6.07) is 12.9. The van der Waals surface area contributed by atoms with Crippen LogP contribution in [0.1, 0.15) is 43.4 Å². The summed E-state index contributed by atoms with van der Waals surface area (Å²) in [4.78, 5) is 14.6. The van der Waals surface area contributed by atoms with Gasteiger partial charge in [0.1, 0.15) is 11.6 Å². The minimum atomic E-state index is -0.736. The highest BCUT2D eigenvalue weighted by atomic mass is 19.1. The molecule has 2 fully saturated rings. The molecule has 8 heteroatoms. The van der Waals surface area contributed by atoms with Crippen molar-refractivity contribution in [1.82, 2.24) is 10.2 Å². The van der Waals surface area contributed by atoms with Gasteiger partial charge in [-0.15, -0.1) is 0 Å². The monoisotopic (exact) mass is 474 g/mol. The lowest BCUT2D eigenvalue weighted by atomic mass is 9.94. The first kappa shape index (κ1) is 24.7. The summed E-state index contributed by atoms with van der Waals surface area (Å²) >= 11 is 0. The molecule has 0 radical (unpaired) electrons. The fraction of sp³-hybridized carbons (Fsp3) is 0.500. The third-order valence-electron chi connectivity index (χ3n) is 6.56. The summed E-state index contributed by atoms with van der Waals surface area (Å²) in [7, 11) is 0. The largest absolute Gasteiger partial charge is 0.389 e. The van der Waals surface area contributed by atoms with Gasteiger partial charge < -0.3 is 19.9 Å². The lowest BCUT2D eigenvalue weighted by molar-refractivity contribution is -0.158. The number of amides is 1. The van der Waals surface area contributed by atoms with Crippen molar-refractivity contribution < 1.29 is 28.2 Å². The van der Waals surface area contributed by atoms with E-state index in [0.29, 0.717) is 12.8 Å². The summed E-state index contributed by atoms with van der Waals surface area (Å²) in [5, 5.41) is 13.3. The van der Waals surface area contributed by atoms with Gasteiger partial charge in [0.25, 0.3) is 0 Å². The van der Waals surface area contributed by atoms with Crippen LogP contribution in [0.4, 0.5) is 8.78 Å². The number of carbonyl (C=O) groups is 1. The smallest absolute Gasteiger partial charge is 0.223 e. The molecule has 2 aliphatic rings. The number of nitrogens with zero attached hydrogens (tertiary/aromatic N) is 1. The van der Waals surface area contributed by atoms with E-state index in [-0.39, 0.29) is 68.5 Å². The Kier molecular flexibility index (Phi) is 8.26. The van der Waals surface area contributed by atoms with Crippen LogP contribution in [0.15, 0.2) is 48.5 Å². The van der Waals surface area contributed by atoms with Gasteiger partial charge in [-0.2, -0.15) is 0 Å². The number of hydrogen-bond donors (Lipinski definition) is 2. The first-order valence-corrected chi connectivity index (χ1v) is 11.8. The number of ether oxygens (including phenoxy) is 2. The summed E-state index contributed by atoms with van der Waals surface area (Å²) in [6.45, 7) is 2.77. The third-order valence-corrected chi connectivity index (χ3v) is 6.56. The van der Waals surface area contributed by atoms with Gasteiger partial charge in [0.15, 0.2) is 0 Å². The van der Waals surface area contributed by atoms with E-state index < -0.39 is 17.7 Å². The molecule has 2 aromatic rings. The summed E-state index contributed by atoms with van der Waals surface area (Å²) in [6.07, 6.45) is 0.255. The molecule has 5 atom stereocenters. The maximum Gasteiger partial charge on any atom is 0.223 e. The Morgan fingerprint density at radius 3 is 2.76 bits per heavy atom. The summed E-state index contributed by atoms with van der Waals surface area (Å²) in [5.41, 5.74) is 1.27. The van der Waals surface area contributed by atoms with Gasteiger partial charge in [0.2, 0.25) is 5.91 Å². The van der Waals surface area contributed by atoms with E-state index in [1.165, 1.54) is 6.07 Å². The molecule has 0 unspecified atom stereocenters. The molecule has 2 aliphatic heterocycles. The average molecular weight is 475 g/mol. The Morgan fingerprint density at radius 1 is 1.18 bits per heavy atom.